The van der Waals surface area contributed by atoms with Crippen molar-refractivity contribution < 1.29 is 37.9 Å². The van der Waals surface area contributed by atoms with Crippen molar-refractivity contribution >= 4 is 19.7 Å². The number of aliphatic hydroxyl groups is 1. The van der Waals surface area contributed by atoms with Crippen LogP contribution in [0.5, 0.6) is 0 Å². The minimum absolute atomic E-state index is 0.0444. The van der Waals surface area contributed by atoms with Gasteiger partial charge in [-0.1, -0.05) is 131 Å². The van der Waals surface area contributed by atoms with Crippen molar-refractivity contribution in [1.82, 2.24) is 5.32 Å². The molecule has 0 aliphatic rings. The molecule has 3 N–H and O–H groups in total. The molecule has 0 aliphatic carbocycles. The van der Waals surface area contributed by atoms with Gasteiger partial charge >= 0.3 is 13.8 Å². The second-order valence-electron chi connectivity index (χ2n) is 12.9. The van der Waals surface area contributed by atoms with Crippen LogP contribution in [0.1, 0.15) is 142 Å². The molecule has 53 heavy (non-hydrogen) atoms. The van der Waals surface area contributed by atoms with Gasteiger partial charge in [-0.25, -0.2) is 4.57 Å². The van der Waals surface area contributed by atoms with E-state index in [0.29, 0.717) is 19.3 Å². The summed E-state index contributed by atoms with van der Waals surface area (Å²) in [5, 5.41) is 12.6. The molecule has 0 aromatic carbocycles. The number of nitrogens with one attached hydrogen (secondary N) is 1. The minimum Gasteiger partial charge on any atom is -0.463 e. The van der Waals surface area contributed by atoms with Crippen molar-refractivity contribution in [2.75, 3.05) is 26.4 Å². The van der Waals surface area contributed by atoms with E-state index in [1.165, 1.54) is 25.7 Å². The highest BCUT2D eigenvalue weighted by atomic mass is 31.2. The van der Waals surface area contributed by atoms with Crippen LogP contribution < -0.4 is 5.32 Å². The van der Waals surface area contributed by atoms with Crippen LogP contribution in [0.4, 0.5) is 0 Å². The zero-order valence-corrected chi connectivity index (χ0v) is 33.8. The Morgan fingerprint density at radius 2 is 1.09 bits per heavy atom. The molecule has 0 fully saturated rings. The summed E-state index contributed by atoms with van der Waals surface area (Å²) < 4.78 is 26.8. The van der Waals surface area contributed by atoms with Gasteiger partial charge in [-0.05, 0) is 83.5 Å². The van der Waals surface area contributed by atoms with E-state index in [9.17, 15) is 24.2 Å². The summed E-state index contributed by atoms with van der Waals surface area (Å²) in [6.07, 6.45) is 48.0. The predicted octanol–water partition coefficient (Wildman–Crippen LogP) is 10.9. The minimum atomic E-state index is -4.44. The molecule has 0 heterocycles. The van der Waals surface area contributed by atoms with E-state index in [4.69, 9.17) is 13.8 Å². The molecule has 1 amide bonds. The number of allylic oxidation sites excluding steroid dienone is 14. The zero-order chi connectivity index (χ0) is 38.9. The normalized spacial score (nSPS) is 14.3. The van der Waals surface area contributed by atoms with Crippen LogP contribution >= 0.6 is 7.82 Å². The molecule has 10 heteroatoms. The van der Waals surface area contributed by atoms with Crippen LogP contribution in [-0.2, 0) is 27.9 Å². The van der Waals surface area contributed by atoms with E-state index in [1.54, 1.807) is 0 Å². The first-order valence-electron chi connectivity index (χ1n) is 20.1. The predicted molar refractivity (Wildman–Crippen MR) is 219 cm³/mol. The molecule has 0 aromatic heterocycles. The number of hydrogen-bond acceptors (Lipinski definition) is 7. The van der Waals surface area contributed by atoms with Gasteiger partial charge in [0.2, 0.25) is 5.91 Å². The lowest BCUT2D eigenvalue weighted by molar-refractivity contribution is -0.147. The quantitative estimate of drug-likeness (QED) is 0.0249. The third-order valence-electron chi connectivity index (χ3n) is 7.81. The SMILES string of the molecule is CC/C=C\C/C=C\C/C=C\C/C=C\C/C=C\CCCC(=O)NCCOP(=O)(O)OCC(O)COC(=O)CCCCCCC/C=C\C/C=C\CCCCC. The lowest BCUT2D eigenvalue weighted by Crippen LogP contribution is -2.27. The molecule has 0 saturated heterocycles. The summed E-state index contributed by atoms with van der Waals surface area (Å²) in [4.78, 5) is 33.8. The Balaban J connectivity index is 3.74. The van der Waals surface area contributed by atoms with Crippen LogP contribution in [0, 0.1) is 0 Å². The maximum atomic E-state index is 12.1. The van der Waals surface area contributed by atoms with Gasteiger partial charge in [0, 0.05) is 19.4 Å². The number of carbonyl (C=O) groups is 2. The number of amides is 1. The summed E-state index contributed by atoms with van der Waals surface area (Å²) in [5.74, 6) is -0.599. The Labute approximate surface area is 322 Å². The van der Waals surface area contributed by atoms with Crippen molar-refractivity contribution in [3.63, 3.8) is 0 Å². The fourth-order valence-electron chi connectivity index (χ4n) is 4.80. The number of carbonyl (C=O) groups excluding carboxylic acids is 2. The van der Waals surface area contributed by atoms with Crippen molar-refractivity contribution in [3.05, 3.63) is 85.1 Å². The largest absolute Gasteiger partial charge is 0.472 e. The first-order valence-corrected chi connectivity index (χ1v) is 21.6. The second kappa shape index (κ2) is 38.9. The average Bonchev–Trinajstić information content (AvgIpc) is 3.14. The Morgan fingerprint density at radius 3 is 1.66 bits per heavy atom. The number of rotatable bonds is 36. The lowest BCUT2D eigenvalue weighted by atomic mass is 10.1. The summed E-state index contributed by atoms with van der Waals surface area (Å²) in [6.45, 7) is 3.29. The molecule has 0 radical (unpaired) electrons. The number of aliphatic hydroxyl groups excluding tert-OH is 1. The topological polar surface area (TPSA) is 131 Å². The van der Waals surface area contributed by atoms with Crippen LogP contribution in [0.2, 0.25) is 0 Å². The van der Waals surface area contributed by atoms with Gasteiger partial charge in [0.1, 0.15) is 12.7 Å². The third-order valence-corrected chi connectivity index (χ3v) is 8.79. The molecular weight excluding hydrogens is 689 g/mol. The first kappa shape index (κ1) is 50.2. The highest BCUT2D eigenvalue weighted by molar-refractivity contribution is 7.47. The summed E-state index contributed by atoms with van der Waals surface area (Å²) in [7, 11) is -4.44. The first-order chi connectivity index (χ1) is 25.8. The molecule has 0 spiro atoms. The van der Waals surface area contributed by atoms with E-state index < -0.39 is 26.5 Å². The number of ether oxygens (including phenoxy) is 1. The fraction of sp³-hybridized carbons (Fsp3) is 0.628. The molecule has 0 bridgehead atoms. The molecule has 0 aromatic rings. The molecule has 2 unspecified atom stereocenters. The van der Waals surface area contributed by atoms with Crippen LogP contribution in [-0.4, -0.2) is 54.3 Å². The van der Waals surface area contributed by atoms with Crippen LogP contribution in [0.3, 0.4) is 0 Å². The second-order valence-corrected chi connectivity index (χ2v) is 14.3. The van der Waals surface area contributed by atoms with Gasteiger partial charge in [-0.15, -0.1) is 0 Å². The summed E-state index contributed by atoms with van der Waals surface area (Å²) in [5.41, 5.74) is 0. The Hall–Kier alpha value is -2.81. The van der Waals surface area contributed by atoms with Gasteiger partial charge in [0.05, 0.1) is 13.2 Å². The van der Waals surface area contributed by atoms with Crippen molar-refractivity contribution in [3.8, 4) is 0 Å². The van der Waals surface area contributed by atoms with Gasteiger partial charge in [0.25, 0.3) is 0 Å². The van der Waals surface area contributed by atoms with Gasteiger partial charge in [-0.2, -0.15) is 0 Å². The van der Waals surface area contributed by atoms with Crippen LogP contribution in [0.15, 0.2) is 85.1 Å². The van der Waals surface area contributed by atoms with E-state index in [-0.39, 0.29) is 32.1 Å². The molecule has 2 atom stereocenters. The molecule has 0 saturated carbocycles. The average molecular weight is 762 g/mol. The van der Waals surface area contributed by atoms with E-state index in [2.05, 4.69) is 104 Å². The highest BCUT2D eigenvalue weighted by Gasteiger charge is 2.23. The number of phosphoric ester groups is 1. The van der Waals surface area contributed by atoms with Gasteiger partial charge < -0.3 is 20.1 Å². The molecular formula is C43H72NO8P. The molecule has 302 valence electrons. The monoisotopic (exact) mass is 761 g/mol. The van der Waals surface area contributed by atoms with Gasteiger partial charge in [-0.3, -0.25) is 18.6 Å². The Morgan fingerprint density at radius 1 is 0.604 bits per heavy atom. The summed E-state index contributed by atoms with van der Waals surface area (Å²) >= 11 is 0. The number of unbranched alkanes of at least 4 members (excludes halogenated alkanes) is 9. The smallest absolute Gasteiger partial charge is 0.463 e. The maximum Gasteiger partial charge on any atom is 0.472 e. The zero-order valence-electron chi connectivity index (χ0n) is 32.9. The van der Waals surface area contributed by atoms with Crippen molar-refractivity contribution in [1.29, 1.82) is 0 Å². The van der Waals surface area contributed by atoms with E-state index >= 15 is 0 Å². The number of esters is 1. The van der Waals surface area contributed by atoms with Crippen molar-refractivity contribution in [2.45, 2.75) is 148 Å². The Kier molecular flexibility index (Phi) is 36.8. The standard InChI is InChI=1S/C43H72NO8P/c1-3-5-7-9-11-13-15-17-19-20-22-23-25-27-29-31-33-35-42(46)44-37-38-51-53(48,49)52-40-41(45)39-50-43(47)36-34-32-30-28-26-24-21-18-16-14-12-10-8-6-4-2/h5,7,11-14,17-19,21-23,27,29,41,45H,3-4,6,8-10,15-16,20,24-26,28,30-40H2,1-2H3,(H,44,46)(H,48,49)/b7-5-,13-11-,14-12-,19-17-,21-18-,23-22-,29-27-. The number of hydrogen-bond donors (Lipinski definition) is 3. The van der Waals surface area contributed by atoms with Crippen LogP contribution in [0.25, 0.3) is 0 Å². The lowest BCUT2D eigenvalue weighted by Gasteiger charge is -2.15. The molecule has 0 rings (SSSR count). The fourth-order valence-corrected chi connectivity index (χ4v) is 5.55. The number of phosphoric acid groups is 1. The summed E-state index contributed by atoms with van der Waals surface area (Å²) in [6, 6.07) is 0. The Bertz CT molecular complexity index is 1140. The van der Waals surface area contributed by atoms with E-state index in [0.717, 1.165) is 77.0 Å². The molecule has 0 aliphatic heterocycles. The highest BCUT2D eigenvalue weighted by Crippen LogP contribution is 2.42. The molecule has 9 nitrogen and oxygen atoms in total. The van der Waals surface area contributed by atoms with E-state index in [1.807, 2.05) is 0 Å². The van der Waals surface area contributed by atoms with Crippen molar-refractivity contribution in [2.24, 2.45) is 0 Å². The maximum absolute atomic E-state index is 12.1. The van der Waals surface area contributed by atoms with Gasteiger partial charge in [0.15, 0.2) is 0 Å². The third kappa shape index (κ3) is 40.2.